The zero-order valence-electron chi connectivity index (χ0n) is 11.8. The lowest BCUT2D eigenvalue weighted by molar-refractivity contribution is 0.282. The lowest BCUT2D eigenvalue weighted by atomic mass is 9.86. The molecular weight excluding hydrogens is 210 g/mol. The molecule has 1 unspecified atom stereocenters. The van der Waals surface area contributed by atoms with Gasteiger partial charge in [-0.15, -0.1) is 0 Å². The van der Waals surface area contributed by atoms with E-state index in [-0.39, 0.29) is 0 Å². The maximum absolute atomic E-state index is 5.40. The smallest absolute Gasteiger partial charge is 0.120 e. The molecule has 0 fully saturated rings. The summed E-state index contributed by atoms with van der Waals surface area (Å²) < 4.78 is 5.40. The van der Waals surface area contributed by atoms with Crippen LogP contribution in [0.15, 0.2) is 22.8 Å². The normalized spacial score (nSPS) is 13.9. The second-order valence-corrected chi connectivity index (χ2v) is 5.74. The van der Waals surface area contributed by atoms with Crippen molar-refractivity contribution in [1.29, 1.82) is 0 Å². The van der Waals surface area contributed by atoms with Gasteiger partial charge in [-0.3, -0.25) is 0 Å². The molecule has 1 aromatic heterocycles. The van der Waals surface area contributed by atoms with Crippen molar-refractivity contribution >= 4 is 0 Å². The van der Waals surface area contributed by atoms with E-state index in [1.54, 1.807) is 6.26 Å². The number of furan rings is 1. The summed E-state index contributed by atoms with van der Waals surface area (Å²) in [6.07, 6.45) is 7.00. The fraction of sp³-hybridized carbons (Fsp3) is 0.733. The highest BCUT2D eigenvalue weighted by Crippen LogP contribution is 2.24. The van der Waals surface area contributed by atoms with Crippen molar-refractivity contribution in [2.45, 2.75) is 59.4 Å². The molecule has 1 N–H and O–H groups in total. The molecule has 0 radical (unpaired) electrons. The molecule has 0 amide bonds. The van der Waals surface area contributed by atoms with Crippen LogP contribution in [0.5, 0.6) is 0 Å². The fourth-order valence-electron chi connectivity index (χ4n) is 2.01. The summed E-state index contributed by atoms with van der Waals surface area (Å²) >= 11 is 0. The Morgan fingerprint density at radius 1 is 1.35 bits per heavy atom. The van der Waals surface area contributed by atoms with Gasteiger partial charge in [-0.2, -0.15) is 0 Å². The van der Waals surface area contributed by atoms with Crippen LogP contribution in [0.2, 0.25) is 0 Å². The first-order valence-electron chi connectivity index (χ1n) is 6.82. The van der Waals surface area contributed by atoms with Gasteiger partial charge in [0.2, 0.25) is 0 Å². The van der Waals surface area contributed by atoms with Crippen molar-refractivity contribution in [3.05, 3.63) is 24.2 Å². The molecular formula is C15H27NO. The van der Waals surface area contributed by atoms with Crippen LogP contribution >= 0.6 is 0 Å². The van der Waals surface area contributed by atoms with Crippen LogP contribution in [0.25, 0.3) is 0 Å². The molecule has 1 aromatic rings. The summed E-state index contributed by atoms with van der Waals surface area (Å²) in [4.78, 5) is 0. The van der Waals surface area contributed by atoms with Crippen LogP contribution in [0.1, 0.15) is 65.2 Å². The van der Waals surface area contributed by atoms with Gasteiger partial charge in [0.05, 0.1) is 12.3 Å². The molecule has 0 bridgehead atoms. The van der Waals surface area contributed by atoms with Crippen LogP contribution < -0.4 is 5.32 Å². The molecule has 0 aliphatic rings. The highest BCUT2D eigenvalue weighted by molar-refractivity contribution is 5.03. The standard InChI is InChI=1S/C15H27NO/c1-5-6-7-10-15(3,4)12-16-13(2)14-9-8-11-17-14/h8-9,11,13,16H,5-7,10,12H2,1-4H3. The fourth-order valence-corrected chi connectivity index (χ4v) is 2.01. The van der Waals surface area contributed by atoms with Gasteiger partial charge in [-0.05, 0) is 30.9 Å². The summed E-state index contributed by atoms with van der Waals surface area (Å²) in [6, 6.07) is 4.28. The highest BCUT2D eigenvalue weighted by Gasteiger charge is 2.19. The van der Waals surface area contributed by atoms with E-state index in [0.29, 0.717) is 11.5 Å². The van der Waals surface area contributed by atoms with E-state index in [9.17, 15) is 0 Å². The van der Waals surface area contributed by atoms with Gasteiger partial charge < -0.3 is 9.73 Å². The van der Waals surface area contributed by atoms with Gasteiger partial charge in [0, 0.05) is 6.54 Å². The van der Waals surface area contributed by atoms with Crippen molar-refractivity contribution in [1.82, 2.24) is 5.32 Å². The molecule has 17 heavy (non-hydrogen) atoms. The Kier molecular flexibility index (Phi) is 5.76. The third kappa shape index (κ3) is 5.40. The topological polar surface area (TPSA) is 25.2 Å². The van der Waals surface area contributed by atoms with Crippen molar-refractivity contribution in [2.75, 3.05) is 6.54 Å². The summed E-state index contributed by atoms with van der Waals surface area (Å²) in [5, 5.41) is 3.56. The maximum Gasteiger partial charge on any atom is 0.120 e. The Hall–Kier alpha value is -0.760. The Bertz CT molecular complexity index is 290. The molecule has 1 atom stereocenters. The SMILES string of the molecule is CCCCCC(C)(C)CNC(C)c1ccco1. The third-order valence-corrected chi connectivity index (χ3v) is 3.31. The molecule has 1 heterocycles. The molecule has 0 aliphatic carbocycles. The molecule has 0 aliphatic heterocycles. The van der Waals surface area contributed by atoms with Crippen LogP contribution in [-0.2, 0) is 0 Å². The number of unbranched alkanes of at least 4 members (excludes halogenated alkanes) is 2. The predicted octanol–water partition coefficient (Wildman–Crippen LogP) is 4.54. The molecule has 0 aromatic carbocycles. The molecule has 2 nitrogen and oxygen atoms in total. The van der Waals surface area contributed by atoms with E-state index in [2.05, 4.69) is 33.0 Å². The van der Waals surface area contributed by atoms with Crippen LogP contribution in [0.4, 0.5) is 0 Å². The van der Waals surface area contributed by atoms with E-state index in [0.717, 1.165) is 12.3 Å². The van der Waals surface area contributed by atoms with E-state index >= 15 is 0 Å². The number of hydrogen-bond acceptors (Lipinski definition) is 2. The van der Waals surface area contributed by atoms with E-state index in [1.807, 2.05) is 12.1 Å². The average Bonchev–Trinajstić information content (AvgIpc) is 2.80. The molecule has 98 valence electrons. The zero-order chi connectivity index (χ0) is 12.7. The summed E-state index contributed by atoms with van der Waals surface area (Å²) in [5.41, 5.74) is 0.371. The van der Waals surface area contributed by atoms with Crippen molar-refractivity contribution in [3.63, 3.8) is 0 Å². The second-order valence-electron chi connectivity index (χ2n) is 5.74. The molecule has 0 saturated heterocycles. The van der Waals surface area contributed by atoms with Gasteiger partial charge in [0.15, 0.2) is 0 Å². The van der Waals surface area contributed by atoms with Crippen molar-refractivity contribution in [3.8, 4) is 0 Å². The van der Waals surface area contributed by atoms with Gasteiger partial charge in [-0.25, -0.2) is 0 Å². The summed E-state index contributed by atoms with van der Waals surface area (Å²) in [6.45, 7) is 10.1. The zero-order valence-corrected chi connectivity index (χ0v) is 11.8. The monoisotopic (exact) mass is 237 g/mol. The Morgan fingerprint density at radius 2 is 2.12 bits per heavy atom. The number of nitrogens with one attached hydrogen (secondary N) is 1. The lowest BCUT2D eigenvalue weighted by Gasteiger charge is -2.26. The largest absolute Gasteiger partial charge is 0.468 e. The molecule has 1 rings (SSSR count). The number of hydrogen-bond donors (Lipinski definition) is 1. The molecule has 0 spiro atoms. The van der Waals surface area contributed by atoms with Crippen LogP contribution in [0, 0.1) is 5.41 Å². The Morgan fingerprint density at radius 3 is 2.71 bits per heavy atom. The lowest BCUT2D eigenvalue weighted by Crippen LogP contribution is -2.31. The van der Waals surface area contributed by atoms with Crippen LogP contribution in [0.3, 0.4) is 0 Å². The van der Waals surface area contributed by atoms with E-state index in [4.69, 9.17) is 4.42 Å². The average molecular weight is 237 g/mol. The minimum Gasteiger partial charge on any atom is -0.468 e. The van der Waals surface area contributed by atoms with Crippen molar-refractivity contribution in [2.24, 2.45) is 5.41 Å². The molecule has 0 saturated carbocycles. The predicted molar refractivity (Wildman–Crippen MR) is 73.0 cm³/mol. The van der Waals surface area contributed by atoms with Gasteiger partial charge in [0.1, 0.15) is 5.76 Å². The maximum atomic E-state index is 5.40. The highest BCUT2D eigenvalue weighted by atomic mass is 16.3. The van der Waals surface area contributed by atoms with Gasteiger partial charge >= 0.3 is 0 Å². The Labute approximate surface area is 106 Å². The first-order valence-corrected chi connectivity index (χ1v) is 6.82. The first kappa shape index (κ1) is 14.3. The van der Waals surface area contributed by atoms with E-state index < -0.39 is 0 Å². The van der Waals surface area contributed by atoms with Gasteiger partial charge in [-0.1, -0.05) is 40.0 Å². The van der Waals surface area contributed by atoms with Crippen molar-refractivity contribution < 1.29 is 4.42 Å². The van der Waals surface area contributed by atoms with Gasteiger partial charge in [0.25, 0.3) is 0 Å². The minimum absolute atomic E-state index is 0.301. The molecule has 2 heteroatoms. The Balaban J connectivity index is 2.28. The summed E-state index contributed by atoms with van der Waals surface area (Å²) in [5.74, 6) is 1.02. The minimum atomic E-state index is 0.301. The second kappa shape index (κ2) is 6.85. The number of rotatable bonds is 8. The third-order valence-electron chi connectivity index (χ3n) is 3.31. The first-order chi connectivity index (χ1) is 8.05. The van der Waals surface area contributed by atoms with Crippen LogP contribution in [-0.4, -0.2) is 6.54 Å². The summed E-state index contributed by atoms with van der Waals surface area (Å²) in [7, 11) is 0. The quantitative estimate of drug-likeness (QED) is 0.672. The van der Waals surface area contributed by atoms with E-state index in [1.165, 1.54) is 25.7 Å².